The Morgan fingerprint density at radius 1 is 1.42 bits per heavy atom. The Labute approximate surface area is 121 Å². The minimum Gasteiger partial charge on any atom is -0.354 e. The van der Waals surface area contributed by atoms with Crippen molar-refractivity contribution in [3.05, 3.63) is 34.3 Å². The third-order valence-corrected chi connectivity index (χ3v) is 4.05. The molecule has 0 aromatic heterocycles. The van der Waals surface area contributed by atoms with Gasteiger partial charge in [0.1, 0.15) is 0 Å². The zero-order chi connectivity index (χ0) is 14.7. The van der Waals surface area contributed by atoms with Crippen LogP contribution in [-0.2, 0) is 20.2 Å². The molecule has 0 unspecified atom stereocenters. The highest BCUT2D eigenvalue weighted by Crippen LogP contribution is 2.25. The Hall–Kier alpha value is -0.920. The van der Waals surface area contributed by atoms with Crippen LogP contribution in [-0.4, -0.2) is 26.6 Å². The monoisotopic (exact) mass is 348 g/mol. The first-order chi connectivity index (χ1) is 8.63. The number of carbonyl (C=O) groups excluding carboxylic acids is 1. The Morgan fingerprint density at radius 3 is 2.58 bits per heavy atom. The van der Waals surface area contributed by atoms with Crippen molar-refractivity contribution in [3.63, 3.8) is 0 Å². The van der Waals surface area contributed by atoms with Crippen molar-refractivity contribution < 1.29 is 13.2 Å². The number of nitrogens with two attached hydrogens (primary N) is 1. The fraction of sp³-hybridized carbons (Fsp3) is 0.417. The smallest absolute Gasteiger partial charge is 0.230 e. The molecule has 1 aromatic carbocycles. The molecule has 19 heavy (non-hydrogen) atoms. The summed E-state index contributed by atoms with van der Waals surface area (Å²) in [4.78, 5) is 12.1. The second kappa shape index (κ2) is 6.02. The lowest BCUT2D eigenvalue weighted by atomic mass is 9.84. The van der Waals surface area contributed by atoms with Crippen molar-refractivity contribution in [3.8, 4) is 0 Å². The summed E-state index contributed by atoms with van der Waals surface area (Å²) in [5.41, 5.74) is 0.0947. The van der Waals surface area contributed by atoms with Gasteiger partial charge in [0.05, 0.1) is 11.2 Å². The Bertz CT molecular complexity index is 570. The predicted molar refractivity (Wildman–Crippen MR) is 78.2 cm³/mol. The van der Waals surface area contributed by atoms with Gasteiger partial charge in [-0.3, -0.25) is 4.79 Å². The van der Waals surface area contributed by atoms with E-state index in [1.165, 1.54) is 0 Å². The lowest BCUT2D eigenvalue weighted by Gasteiger charge is -2.24. The van der Waals surface area contributed by atoms with Gasteiger partial charge in [-0.05, 0) is 31.5 Å². The average Bonchev–Trinajstić information content (AvgIpc) is 2.27. The number of halogens is 1. The number of nitrogens with one attached hydrogen (secondary N) is 1. The molecule has 0 bridgehead atoms. The molecule has 0 spiro atoms. The third kappa shape index (κ3) is 4.93. The molecule has 3 N–H and O–H groups in total. The minimum atomic E-state index is -3.56. The van der Waals surface area contributed by atoms with Crippen molar-refractivity contribution in [1.29, 1.82) is 0 Å². The van der Waals surface area contributed by atoms with E-state index in [1.54, 1.807) is 13.8 Å². The number of amides is 1. The van der Waals surface area contributed by atoms with E-state index < -0.39 is 15.4 Å². The minimum absolute atomic E-state index is 0.00903. The van der Waals surface area contributed by atoms with Crippen LogP contribution in [0.25, 0.3) is 0 Å². The van der Waals surface area contributed by atoms with E-state index in [1.807, 2.05) is 24.3 Å². The quantitative estimate of drug-likeness (QED) is 0.835. The molecule has 0 aliphatic carbocycles. The Morgan fingerprint density at radius 2 is 2.05 bits per heavy atom. The lowest BCUT2D eigenvalue weighted by Crippen LogP contribution is -2.42. The van der Waals surface area contributed by atoms with Gasteiger partial charge < -0.3 is 5.32 Å². The zero-order valence-electron chi connectivity index (χ0n) is 10.8. The van der Waals surface area contributed by atoms with Crippen LogP contribution in [0.3, 0.4) is 0 Å². The maximum atomic E-state index is 12.1. The molecule has 0 atom stereocenters. The summed E-state index contributed by atoms with van der Waals surface area (Å²) < 4.78 is 22.5. The molecular formula is C12H17BrN2O3S. The normalized spacial score (nSPS) is 12.2. The molecule has 1 amide bonds. The molecule has 1 rings (SSSR count). The van der Waals surface area contributed by atoms with Gasteiger partial charge in [-0.15, -0.1) is 0 Å². The summed E-state index contributed by atoms with van der Waals surface area (Å²) in [6, 6.07) is 7.43. The zero-order valence-corrected chi connectivity index (χ0v) is 13.2. The summed E-state index contributed by atoms with van der Waals surface area (Å²) in [5.74, 6) is -0.512. The van der Waals surface area contributed by atoms with E-state index in [0.717, 1.165) is 10.0 Å². The molecule has 0 saturated heterocycles. The number of carbonyl (C=O) groups is 1. The Balaban J connectivity index is 2.74. The molecule has 106 valence electrons. The highest BCUT2D eigenvalue weighted by Gasteiger charge is 2.29. The molecule has 0 aliphatic rings. The number of hydrogen-bond acceptors (Lipinski definition) is 3. The maximum Gasteiger partial charge on any atom is 0.230 e. The molecule has 7 heteroatoms. The highest BCUT2D eigenvalue weighted by atomic mass is 79.9. The van der Waals surface area contributed by atoms with Crippen molar-refractivity contribution in [2.75, 3.05) is 12.3 Å². The van der Waals surface area contributed by atoms with Gasteiger partial charge in [-0.25, -0.2) is 13.6 Å². The summed E-state index contributed by atoms with van der Waals surface area (Å²) in [7, 11) is -3.56. The molecule has 1 aromatic rings. The molecule has 5 nitrogen and oxygen atoms in total. The fourth-order valence-electron chi connectivity index (χ4n) is 1.54. The standard InChI is InChI=1S/C12H17BrN2O3S/c1-12(2,9-4-3-5-10(13)8-9)11(16)15-6-7-19(14,17)18/h3-5,8H,6-7H2,1-2H3,(H,15,16)(H2,14,17,18). The number of primary sulfonamides is 1. The van der Waals surface area contributed by atoms with Crippen molar-refractivity contribution >= 4 is 31.9 Å². The van der Waals surface area contributed by atoms with Crippen molar-refractivity contribution in [2.45, 2.75) is 19.3 Å². The van der Waals surface area contributed by atoms with Gasteiger partial charge in [0.15, 0.2) is 0 Å². The number of sulfonamides is 1. The molecule has 0 heterocycles. The van der Waals surface area contributed by atoms with Gasteiger partial charge >= 0.3 is 0 Å². The summed E-state index contributed by atoms with van der Waals surface area (Å²) in [6.45, 7) is 3.57. The first-order valence-electron chi connectivity index (χ1n) is 5.68. The van der Waals surface area contributed by atoms with E-state index >= 15 is 0 Å². The van der Waals surface area contributed by atoms with Crippen LogP contribution in [0.4, 0.5) is 0 Å². The van der Waals surface area contributed by atoms with Crippen LogP contribution < -0.4 is 10.5 Å². The summed E-state index contributed by atoms with van der Waals surface area (Å²) in [5, 5.41) is 7.46. The van der Waals surface area contributed by atoms with Crippen molar-refractivity contribution in [2.24, 2.45) is 5.14 Å². The summed E-state index contributed by atoms with van der Waals surface area (Å²) >= 11 is 3.35. The first kappa shape index (κ1) is 16.1. The van der Waals surface area contributed by atoms with Gasteiger partial charge in [0.2, 0.25) is 15.9 Å². The van der Waals surface area contributed by atoms with E-state index in [2.05, 4.69) is 21.2 Å². The number of hydrogen-bond donors (Lipinski definition) is 2. The SMILES string of the molecule is CC(C)(C(=O)NCCS(N)(=O)=O)c1cccc(Br)c1. The predicted octanol–water partition coefficient (Wildman–Crippen LogP) is 1.13. The lowest BCUT2D eigenvalue weighted by molar-refractivity contribution is -0.125. The van der Waals surface area contributed by atoms with Crippen LogP contribution in [0.1, 0.15) is 19.4 Å². The maximum absolute atomic E-state index is 12.1. The average molecular weight is 349 g/mol. The van der Waals surface area contributed by atoms with Crippen LogP contribution in [0.2, 0.25) is 0 Å². The van der Waals surface area contributed by atoms with E-state index in [-0.39, 0.29) is 18.2 Å². The summed E-state index contributed by atoms with van der Waals surface area (Å²) in [6.07, 6.45) is 0. The molecule has 0 saturated carbocycles. The fourth-order valence-corrected chi connectivity index (χ4v) is 2.32. The van der Waals surface area contributed by atoms with E-state index in [9.17, 15) is 13.2 Å². The van der Waals surface area contributed by atoms with Crippen LogP contribution in [0.15, 0.2) is 28.7 Å². The third-order valence-electron chi connectivity index (χ3n) is 2.79. The second-order valence-electron chi connectivity index (χ2n) is 4.76. The second-order valence-corrected chi connectivity index (χ2v) is 7.41. The van der Waals surface area contributed by atoms with Gasteiger partial charge in [-0.2, -0.15) is 0 Å². The van der Waals surface area contributed by atoms with Gasteiger partial charge in [-0.1, -0.05) is 28.1 Å². The van der Waals surface area contributed by atoms with E-state index in [0.29, 0.717) is 0 Å². The highest BCUT2D eigenvalue weighted by molar-refractivity contribution is 9.10. The van der Waals surface area contributed by atoms with E-state index in [4.69, 9.17) is 5.14 Å². The molecule has 0 aliphatic heterocycles. The van der Waals surface area contributed by atoms with Crippen LogP contribution in [0, 0.1) is 0 Å². The number of benzene rings is 1. The largest absolute Gasteiger partial charge is 0.354 e. The van der Waals surface area contributed by atoms with Gasteiger partial charge in [0.25, 0.3) is 0 Å². The molecule has 0 radical (unpaired) electrons. The molecule has 0 fully saturated rings. The molecular weight excluding hydrogens is 332 g/mol. The van der Waals surface area contributed by atoms with Gasteiger partial charge in [0, 0.05) is 11.0 Å². The Kier molecular flexibility index (Phi) is 5.11. The topological polar surface area (TPSA) is 89.3 Å². The van der Waals surface area contributed by atoms with Crippen LogP contribution in [0.5, 0.6) is 0 Å². The van der Waals surface area contributed by atoms with Crippen LogP contribution >= 0.6 is 15.9 Å². The van der Waals surface area contributed by atoms with Crippen molar-refractivity contribution in [1.82, 2.24) is 5.32 Å². The number of rotatable bonds is 5. The first-order valence-corrected chi connectivity index (χ1v) is 8.18.